The Morgan fingerprint density at radius 2 is 2.16 bits per heavy atom. The maximum Gasteiger partial charge on any atom is 0.119 e. The molecule has 1 aromatic heterocycles. The van der Waals surface area contributed by atoms with Crippen molar-refractivity contribution in [3.63, 3.8) is 0 Å². The van der Waals surface area contributed by atoms with Crippen molar-refractivity contribution >= 4 is 0 Å². The first kappa shape index (κ1) is 13.6. The Morgan fingerprint density at radius 3 is 2.74 bits per heavy atom. The van der Waals surface area contributed by atoms with Gasteiger partial charge in [-0.2, -0.15) is 5.10 Å². The molecule has 0 aliphatic heterocycles. The second kappa shape index (κ2) is 5.89. The molecule has 1 N–H and O–H groups in total. The number of aryl methyl sites for hydroxylation is 2. The maximum atomic E-state index is 5.27. The molecule has 1 unspecified atom stereocenters. The third kappa shape index (κ3) is 3.15. The van der Waals surface area contributed by atoms with Crippen molar-refractivity contribution in [3.05, 3.63) is 47.3 Å². The third-order valence-corrected chi connectivity index (χ3v) is 3.32. The summed E-state index contributed by atoms with van der Waals surface area (Å²) in [6, 6.07) is 10.6. The van der Waals surface area contributed by atoms with Crippen molar-refractivity contribution in [3.8, 4) is 5.75 Å². The first-order chi connectivity index (χ1) is 9.13. The smallest absolute Gasteiger partial charge is 0.119 e. The van der Waals surface area contributed by atoms with Crippen LogP contribution in [0.15, 0.2) is 30.3 Å². The zero-order chi connectivity index (χ0) is 13.8. The van der Waals surface area contributed by atoms with E-state index in [1.807, 2.05) is 37.8 Å². The molecule has 4 nitrogen and oxygen atoms in total. The van der Waals surface area contributed by atoms with Crippen LogP contribution < -0.4 is 10.1 Å². The summed E-state index contributed by atoms with van der Waals surface area (Å²) in [5.41, 5.74) is 3.49. The molecule has 1 aromatic carbocycles. The van der Waals surface area contributed by atoms with Gasteiger partial charge in [0.25, 0.3) is 0 Å². The van der Waals surface area contributed by atoms with Gasteiger partial charge in [-0.15, -0.1) is 0 Å². The number of ether oxygens (including phenoxy) is 1. The molecule has 0 amide bonds. The highest BCUT2D eigenvalue weighted by Crippen LogP contribution is 2.21. The van der Waals surface area contributed by atoms with Crippen LogP contribution in [0.3, 0.4) is 0 Å². The van der Waals surface area contributed by atoms with E-state index in [0.717, 1.165) is 17.9 Å². The van der Waals surface area contributed by atoms with Gasteiger partial charge >= 0.3 is 0 Å². The molecule has 0 fully saturated rings. The van der Waals surface area contributed by atoms with Gasteiger partial charge < -0.3 is 10.1 Å². The van der Waals surface area contributed by atoms with E-state index >= 15 is 0 Å². The van der Waals surface area contributed by atoms with Crippen LogP contribution in [-0.2, 0) is 13.5 Å². The SMILES string of the molecule is CNC(Cc1cccc(OC)c1)c1cc(C)nn1C. The van der Waals surface area contributed by atoms with Gasteiger partial charge in [0.05, 0.1) is 24.5 Å². The van der Waals surface area contributed by atoms with Crippen LogP contribution in [0.1, 0.15) is 23.0 Å². The summed E-state index contributed by atoms with van der Waals surface area (Å²) >= 11 is 0. The molecule has 1 heterocycles. The zero-order valence-electron chi connectivity index (χ0n) is 12.0. The van der Waals surface area contributed by atoms with Gasteiger partial charge in [0, 0.05) is 7.05 Å². The van der Waals surface area contributed by atoms with Crippen molar-refractivity contribution in [1.82, 2.24) is 15.1 Å². The summed E-state index contributed by atoms with van der Waals surface area (Å²) in [4.78, 5) is 0. The van der Waals surface area contributed by atoms with Crippen molar-refractivity contribution in [1.29, 1.82) is 0 Å². The standard InChI is InChI=1S/C15H21N3O/c1-11-8-15(18(3)17-11)14(16-2)10-12-6-5-7-13(9-12)19-4/h5-9,14,16H,10H2,1-4H3. The van der Waals surface area contributed by atoms with Crippen LogP contribution in [0, 0.1) is 6.92 Å². The fraction of sp³-hybridized carbons (Fsp3) is 0.400. The summed E-state index contributed by atoms with van der Waals surface area (Å²) in [5.74, 6) is 0.897. The summed E-state index contributed by atoms with van der Waals surface area (Å²) < 4.78 is 7.21. The molecule has 19 heavy (non-hydrogen) atoms. The molecular weight excluding hydrogens is 238 g/mol. The Bertz CT molecular complexity index is 548. The Morgan fingerprint density at radius 1 is 1.37 bits per heavy atom. The van der Waals surface area contributed by atoms with Crippen LogP contribution in [0.4, 0.5) is 0 Å². The first-order valence-corrected chi connectivity index (χ1v) is 6.44. The number of likely N-dealkylation sites (N-methyl/N-ethyl adjacent to an activating group) is 1. The number of nitrogens with one attached hydrogen (secondary N) is 1. The van der Waals surface area contributed by atoms with Crippen molar-refractivity contribution < 1.29 is 4.74 Å². The van der Waals surface area contributed by atoms with E-state index in [1.54, 1.807) is 7.11 Å². The van der Waals surface area contributed by atoms with Crippen LogP contribution in [-0.4, -0.2) is 23.9 Å². The molecule has 2 rings (SSSR count). The number of aromatic nitrogens is 2. The molecule has 1 atom stereocenters. The highest BCUT2D eigenvalue weighted by molar-refractivity contribution is 5.30. The Balaban J connectivity index is 2.21. The summed E-state index contributed by atoms with van der Waals surface area (Å²) in [7, 11) is 5.66. The molecular formula is C15H21N3O. The number of hydrogen-bond donors (Lipinski definition) is 1. The Kier molecular flexibility index (Phi) is 4.22. The maximum absolute atomic E-state index is 5.27. The highest BCUT2D eigenvalue weighted by Gasteiger charge is 2.15. The zero-order valence-corrected chi connectivity index (χ0v) is 12.0. The van der Waals surface area contributed by atoms with E-state index < -0.39 is 0 Å². The highest BCUT2D eigenvalue weighted by atomic mass is 16.5. The van der Waals surface area contributed by atoms with Crippen molar-refractivity contribution in [2.24, 2.45) is 7.05 Å². The fourth-order valence-corrected chi connectivity index (χ4v) is 2.35. The normalized spacial score (nSPS) is 12.4. The Hall–Kier alpha value is -1.81. The Labute approximate surface area is 114 Å². The van der Waals surface area contributed by atoms with E-state index in [0.29, 0.717) is 0 Å². The van der Waals surface area contributed by atoms with E-state index in [4.69, 9.17) is 4.74 Å². The lowest BCUT2D eigenvalue weighted by molar-refractivity contribution is 0.414. The number of hydrogen-bond acceptors (Lipinski definition) is 3. The van der Waals surface area contributed by atoms with E-state index in [-0.39, 0.29) is 6.04 Å². The van der Waals surface area contributed by atoms with Gasteiger partial charge in [-0.05, 0) is 44.2 Å². The summed E-state index contributed by atoms with van der Waals surface area (Å²) in [6.45, 7) is 2.02. The largest absolute Gasteiger partial charge is 0.497 e. The van der Waals surface area contributed by atoms with Crippen LogP contribution in [0.25, 0.3) is 0 Å². The van der Waals surface area contributed by atoms with Crippen LogP contribution >= 0.6 is 0 Å². The van der Waals surface area contributed by atoms with Gasteiger partial charge in [0.15, 0.2) is 0 Å². The number of benzene rings is 1. The minimum atomic E-state index is 0.248. The topological polar surface area (TPSA) is 39.1 Å². The number of methoxy groups -OCH3 is 1. The summed E-state index contributed by atoms with van der Waals surface area (Å²) in [5, 5.41) is 7.76. The average molecular weight is 259 g/mol. The van der Waals surface area contributed by atoms with Gasteiger partial charge in [0.2, 0.25) is 0 Å². The summed E-state index contributed by atoms with van der Waals surface area (Å²) in [6.07, 6.45) is 0.909. The second-order valence-electron chi connectivity index (χ2n) is 4.73. The first-order valence-electron chi connectivity index (χ1n) is 6.44. The molecule has 0 spiro atoms. The van der Waals surface area contributed by atoms with Gasteiger partial charge in [-0.3, -0.25) is 4.68 Å². The predicted molar refractivity (Wildman–Crippen MR) is 76.4 cm³/mol. The lowest BCUT2D eigenvalue weighted by Crippen LogP contribution is -2.21. The fourth-order valence-electron chi connectivity index (χ4n) is 2.35. The van der Waals surface area contributed by atoms with Gasteiger partial charge in [0.1, 0.15) is 5.75 Å². The predicted octanol–water partition coefficient (Wildman–Crippen LogP) is 2.24. The van der Waals surface area contributed by atoms with E-state index in [2.05, 4.69) is 28.6 Å². The molecule has 0 radical (unpaired) electrons. The number of nitrogens with zero attached hydrogens (tertiary/aromatic N) is 2. The van der Waals surface area contributed by atoms with Crippen molar-refractivity contribution in [2.45, 2.75) is 19.4 Å². The molecule has 0 aliphatic carbocycles. The molecule has 102 valence electrons. The molecule has 0 aliphatic rings. The molecule has 2 aromatic rings. The lowest BCUT2D eigenvalue weighted by atomic mass is 10.0. The molecule has 0 saturated carbocycles. The monoisotopic (exact) mass is 259 g/mol. The molecule has 0 saturated heterocycles. The van der Waals surface area contributed by atoms with Crippen LogP contribution in [0.2, 0.25) is 0 Å². The lowest BCUT2D eigenvalue weighted by Gasteiger charge is -2.17. The van der Waals surface area contributed by atoms with Gasteiger partial charge in [-0.1, -0.05) is 12.1 Å². The molecule has 0 bridgehead atoms. The molecule has 4 heteroatoms. The van der Waals surface area contributed by atoms with E-state index in [1.165, 1.54) is 11.3 Å². The number of rotatable bonds is 5. The average Bonchev–Trinajstić information content (AvgIpc) is 2.75. The van der Waals surface area contributed by atoms with Crippen molar-refractivity contribution in [2.75, 3.05) is 14.2 Å². The minimum Gasteiger partial charge on any atom is -0.497 e. The minimum absolute atomic E-state index is 0.248. The van der Waals surface area contributed by atoms with Gasteiger partial charge in [-0.25, -0.2) is 0 Å². The van der Waals surface area contributed by atoms with E-state index in [9.17, 15) is 0 Å². The van der Waals surface area contributed by atoms with Crippen LogP contribution in [0.5, 0.6) is 5.75 Å². The second-order valence-corrected chi connectivity index (χ2v) is 4.73. The quantitative estimate of drug-likeness (QED) is 0.895. The third-order valence-electron chi connectivity index (χ3n) is 3.32.